The Bertz CT molecular complexity index is 1440. The van der Waals surface area contributed by atoms with Gasteiger partial charge in [0.1, 0.15) is 23.7 Å². The summed E-state index contributed by atoms with van der Waals surface area (Å²) in [5.41, 5.74) is 4.79. The Hall–Kier alpha value is -4.23. The average molecular weight is 477 g/mol. The Morgan fingerprint density at radius 2 is 1.56 bits per heavy atom. The molecule has 4 heterocycles. The van der Waals surface area contributed by atoms with E-state index in [1.807, 2.05) is 54.7 Å². The molecule has 0 radical (unpaired) electrons. The minimum atomic E-state index is 0.596. The van der Waals surface area contributed by atoms with Crippen LogP contribution in [-0.2, 0) is 6.54 Å². The summed E-state index contributed by atoms with van der Waals surface area (Å²) < 4.78 is 6.41. The standard InChI is InChI=1S/C29H28N6O/c1-34-14-16-35(17-15-34)28-26-25(22-10-6-3-7-11-22)27(36-29(26)33-20-32-28)23-12-13-24(31-19-23)30-18-21-8-4-2-5-9-21/h2-13,19-20H,14-18H2,1H3,(H,30,31). The van der Waals surface area contributed by atoms with Gasteiger partial charge in [0.25, 0.3) is 0 Å². The molecular weight excluding hydrogens is 448 g/mol. The maximum atomic E-state index is 6.41. The van der Waals surface area contributed by atoms with Gasteiger partial charge >= 0.3 is 0 Å². The molecule has 3 aromatic heterocycles. The van der Waals surface area contributed by atoms with Crippen LogP contribution in [0.2, 0.25) is 0 Å². The topological polar surface area (TPSA) is 70.3 Å². The van der Waals surface area contributed by atoms with E-state index in [0.29, 0.717) is 5.71 Å². The number of hydrogen-bond acceptors (Lipinski definition) is 7. The second kappa shape index (κ2) is 9.79. The summed E-state index contributed by atoms with van der Waals surface area (Å²) in [6, 6.07) is 24.7. The van der Waals surface area contributed by atoms with Crippen LogP contribution < -0.4 is 10.2 Å². The molecule has 0 saturated carbocycles. The first-order valence-corrected chi connectivity index (χ1v) is 12.3. The van der Waals surface area contributed by atoms with Gasteiger partial charge in [0.15, 0.2) is 0 Å². The first-order chi connectivity index (χ1) is 17.8. The Morgan fingerprint density at radius 1 is 0.806 bits per heavy atom. The van der Waals surface area contributed by atoms with Crippen LogP contribution in [0.4, 0.5) is 11.6 Å². The molecule has 0 spiro atoms. The fraction of sp³-hybridized carbons (Fsp3) is 0.207. The highest BCUT2D eigenvalue weighted by molar-refractivity contribution is 6.06. The quantitative estimate of drug-likeness (QED) is 0.356. The lowest BCUT2D eigenvalue weighted by Crippen LogP contribution is -2.44. The smallest absolute Gasteiger partial charge is 0.232 e. The van der Waals surface area contributed by atoms with Crippen molar-refractivity contribution < 1.29 is 4.42 Å². The predicted molar refractivity (Wildman–Crippen MR) is 144 cm³/mol. The number of aromatic nitrogens is 3. The van der Waals surface area contributed by atoms with E-state index in [2.05, 4.69) is 56.4 Å². The van der Waals surface area contributed by atoms with Crippen LogP contribution in [0, 0.1) is 0 Å². The third-order valence-electron chi connectivity index (χ3n) is 6.68. The Balaban J connectivity index is 1.40. The summed E-state index contributed by atoms with van der Waals surface area (Å²) in [6.07, 6.45) is 3.47. The van der Waals surface area contributed by atoms with Crippen LogP contribution in [0.25, 0.3) is 33.6 Å². The normalized spacial score (nSPS) is 14.3. The van der Waals surface area contributed by atoms with E-state index < -0.39 is 0 Å². The van der Waals surface area contributed by atoms with Gasteiger partial charge < -0.3 is 19.5 Å². The number of pyridine rings is 1. The average Bonchev–Trinajstić information content (AvgIpc) is 3.34. The summed E-state index contributed by atoms with van der Waals surface area (Å²) in [7, 11) is 2.16. The van der Waals surface area contributed by atoms with Crippen LogP contribution in [0.3, 0.4) is 0 Å². The largest absolute Gasteiger partial charge is 0.437 e. The lowest BCUT2D eigenvalue weighted by atomic mass is 10.00. The van der Waals surface area contributed by atoms with Crippen molar-refractivity contribution in [2.75, 3.05) is 43.4 Å². The summed E-state index contributed by atoms with van der Waals surface area (Å²) >= 11 is 0. The van der Waals surface area contributed by atoms with Gasteiger partial charge in [-0.1, -0.05) is 60.7 Å². The number of benzene rings is 2. The Labute approximate surface area is 210 Å². The van der Waals surface area contributed by atoms with Crippen LogP contribution in [0.15, 0.2) is 89.7 Å². The minimum Gasteiger partial charge on any atom is -0.437 e. The van der Waals surface area contributed by atoms with Crippen molar-refractivity contribution in [3.05, 3.63) is 90.9 Å². The molecule has 1 aliphatic heterocycles. The molecule has 0 amide bonds. The maximum Gasteiger partial charge on any atom is 0.232 e. The van der Waals surface area contributed by atoms with Crippen LogP contribution >= 0.6 is 0 Å². The lowest BCUT2D eigenvalue weighted by Gasteiger charge is -2.33. The zero-order valence-electron chi connectivity index (χ0n) is 20.3. The van der Waals surface area contributed by atoms with Crippen molar-refractivity contribution >= 4 is 22.7 Å². The van der Waals surface area contributed by atoms with Gasteiger partial charge in [0.05, 0.1) is 5.39 Å². The number of furan rings is 1. The summed E-state index contributed by atoms with van der Waals surface area (Å²) in [4.78, 5) is 18.6. The molecule has 0 unspecified atom stereocenters. The van der Waals surface area contributed by atoms with Crippen molar-refractivity contribution in [1.82, 2.24) is 19.9 Å². The van der Waals surface area contributed by atoms with Gasteiger partial charge in [-0.15, -0.1) is 0 Å². The van der Waals surface area contributed by atoms with Crippen molar-refractivity contribution in [3.63, 3.8) is 0 Å². The zero-order chi connectivity index (χ0) is 24.3. The Morgan fingerprint density at radius 3 is 2.28 bits per heavy atom. The SMILES string of the molecule is CN1CCN(c2ncnc3oc(-c4ccc(NCc5ccccc5)nc4)c(-c4ccccc4)c23)CC1. The van der Waals surface area contributed by atoms with E-state index in [1.54, 1.807) is 6.33 Å². The van der Waals surface area contributed by atoms with Crippen molar-refractivity contribution in [2.24, 2.45) is 0 Å². The van der Waals surface area contributed by atoms with Crippen molar-refractivity contribution in [1.29, 1.82) is 0 Å². The molecule has 0 bridgehead atoms. The number of hydrogen-bond donors (Lipinski definition) is 1. The minimum absolute atomic E-state index is 0.596. The van der Waals surface area contributed by atoms with Crippen molar-refractivity contribution in [3.8, 4) is 22.5 Å². The highest BCUT2D eigenvalue weighted by Crippen LogP contribution is 2.43. The van der Waals surface area contributed by atoms with Gasteiger partial charge in [-0.25, -0.2) is 15.0 Å². The molecule has 7 nitrogen and oxygen atoms in total. The predicted octanol–water partition coefficient (Wildman–Crippen LogP) is 5.32. The van der Waals surface area contributed by atoms with E-state index >= 15 is 0 Å². The molecule has 0 atom stereocenters. The second-order valence-electron chi connectivity index (χ2n) is 9.11. The molecule has 1 saturated heterocycles. The molecule has 5 aromatic rings. The number of rotatable bonds is 6. The van der Waals surface area contributed by atoms with E-state index in [9.17, 15) is 0 Å². The first-order valence-electron chi connectivity index (χ1n) is 12.3. The maximum absolute atomic E-state index is 6.41. The lowest BCUT2D eigenvalue weighted by molar-refractivity contribution is 0.312. The number of anilines is 2. The number of piperazine rings is 1. The van der Waals surface area contributed by atoms with Gasteiger partial charge in [-0.05, 0) is 30.3 Å². The van der Waals surface area contributed by atoms with Gasteiger partial charge in [0, 0.05) is 50.0 Å². The molecule has 1 aliphatic rings. The Kier molecular flexibility index (Phi) is 6.05. The molecule has 2 aromatic carbocycles. The number of nitrogens with zero attached hydrogens (tertiary/aromatic N) is 5. The van der Waals surface area contributed by atoms with Crippen LogP contribution in [0.1, 0.15) is 5.56 Å². The third kappa shape index (κ3) is 4.41. The molecule has 180 valence electrons. The zero-order valence-corrected chi connectivity index (χ0v) is 20.3. The van der Waals surface area contributed by atoms with E-state index in [-0.39, 0.29) is 0 Å². The summed E-state index contributed by atoms with van der Waals surface area (Å²) in [5.74, 6) is 2.50. The van der Waals surface area contributed by atoms with Gasteiger partial charge in [0.2, 0.25) is 5.71 Å². The molecule has 1 N–H and O–H groups in total. The molecule has 0 aliphatic carbocycles. The summed E-state index contributed by atoms with van der Waals surface area (Å²) in [6.45, 7) is 4.55. The monoisotopic (exact) mass is 476 g/mol. The number of nitrogens with one attached hydrogen (secondary N) is 1. The number of likely N-dealkylation sites (N-methyl/N-ethyl adjacent to an activating group) is 1. The highest BCUT2D eigenvalue weighted by Gasteiger charge is 2.26. The molecule has 7 heteroatoms. The third-order valence-corrected chi connectivity index (χ3v) is 6.68. The van der Waals surface area contributed by atoms with E-state index in [1.165, 1.54) is 5.56 Å². The fourth-order valence-corrected chi connectivity index (χ4v) is 4.68. The molecular formula is C29H28N6O. The molecule has 1 fully saturated rings. The first kappa shape index (κ1) is 22.2. The molecule has 36 heavy (non-hydrogen) atoms. The second-order valence-corrected chi connectivity index (χ2v) is 9.11. The van der Waals surface area contributed by atoms with Crippen LogP contribution in [-0.4, -0.2) is 53.1 Å². The van der Waals surface area contributed by atoms with E-state index in [0.717, 1.165) is 72.2 Å². The van der Waals surface area contributed by atoms with Gasteiger partial charge in [-0.2, -0.15) is 0 Å². The van der Waals surface area contributed by atoms with Gasteiger partial charge in [-0.3, -0.25) is 0 Å². The number of fused-ring (bicyclic) bond motifs is 1. The summed E-state index contributed by atoms with van der Waals surface area (Å²) in [5, 5.41) is 4.35. The van der Waals surface area contributed by atoms with Crippen LogP contribution in [0.5, 0.6) is 0 Å². The van der Waals surface area contributed by atoms with Crippen molar-refractivity contribution in [2.45, 2.75) is 6.54 Å². The van der Waals surface area contributed by atoms with E-state index in [4.69, 9.17) is 9.40 Å². The molecule has 6 rings (SSSR count). The fourth-order valence-electron chi connectivity index (χ4n) is 4.68. The highest BCUT2D eigenvalue weighted by atomic mass is 16.3.